The van der Waals surface area contributed by atoms with Gasteiger partial charge in [-0.05, 0) is 24.3 Å². The smallest absolute Gasteiger partial charge is 0.266 e. The van der Waals surface area contributed by atoms with Gasteiger partial charge < -0.3 is 9.47 Å². The molecule has 1 atom stereocenters. The zero-order valence-corrected chi connectivity index (χ0v) is 17.3. The number of rotatable bonds is 3. The van der Waals surface area contributed by atoms with Gasteiger partial charge in [-0.2, -0.15) is 5.10 Å². The molecule has 0 saturated carbocycles. The molecule has 0 radical (unpaired) electrons. The Balaban J connectivity index is 1.65. The lowest BCUT2D eigenvalue weighted by atomic mass is 9.84. The van der Waals surface area contributed by atoms with E-state index in [1.54, 1.807) is 50.2 Å². The van der Waals surface area contributed by atoms with Crippen molar-refractivity contribution in [3.63, 3.8) is 0 Å². The average molecular weight is 419 g/mol. The molecule has 0 N–H and O–H groups in total. The van der Waals surface area contributed by atoms with E-state index in [1.807, 2.05) is 6.07 Å². The van der Waals surface area contributed by atoms with E-state index in [-0.39, 0.29) is 37.9 Å². The summed E-state index contributed by atoms with van der Waals surface area (Å²) in [5.74, 6) is 0.192. The molecule has 2 aromatic carbocycles. The topological polar surface area (TPSA) is 88.5 Å². The molecule has 1 unspecified atom stereocenters. The van der Waals surface area contributed by atoms with Crippen LogP contribution < -0.4 is 14.4 Å². The Morgan fingerprint density at radius 1 is 1.03 bits per heavy atom. The van der Waals surface area contributed by atoms with E-state index < -0.39 is 11.4 Å². The summed E-state index contributed by atoms with van der Waals surface area (Å²) >= 11 is 0. The molecular weight excluding hydrogens is 398 g/mol. The number of fused-ring (bicyclic) bond motifs is 3. The van der Waals surface area contributed by atoms with Gasteiger partial charge in [-0.15, -0.1) is 0 Å². The molecule has 0 aromatic heterocycles. The minimum atomic E-state index is -1.37. The molecule has 158 valence electrons. The van der Waals surface area contributed by atoms with Crippen LogP contribution in [0.15, 0.2) is 47.6 Å². The molecule has 1 spiro atoms. The minimum Gasteiger partial charge on any atom is -0.454 e. The lowest BCUT2D eigenvalue weighted by Gasteiger charge is -2.31. The number of carbonyl (C=O) groups is 3. The quantitative estimate of drug-likeness (QED) is 0.763. The molecule has 3 amide bonds. The summed E-state index contributed by atoms with van der Waals surface area (Å²) in [6.45, 7) is 3.58. The number of hydrazone groups is 1. The Hall–Kier alpha value is -3.68. The molecule has 0 aliphatic carbocycles. The summed E-state index contributed by atoms with van der Waals surface area (Å²) in [6, 6.07) is 12.5. The molecule has 3 heterocycles. The number of anilines is 1. The maximum Gasteiger partial charge on any atom is 0.266 e. The van der Waals surface area contributed by atoms with Gasteiger partial charge in [0.25, 0.3) is 5.91 Å². The second-order valence-corrected chi connectivity index (χ2v) is 7.62. The third-order valence-electron chi connectivity index (χ3n) is 5.95. The summed E-state index contributed by atoms with van der Waals surface area (Å²) in [7, 11) is 0. The van der Waals surface area contributed by atoms with Crippen LogP contribution in [0.5, 0.6) is 11.5 Å². The van der Waals surface area contributed by atoms with Crippen LogP contribution in [0, 0.1) is 0 Å². The first-order valence-electron chi connectivity index (χ1n) is 10.3. The van der Waals surface area contributed by atoms with Gasteiger partial charge in [0.1, 0.15) is 0 Å². The molecule has 8 heteroatoms. The Morgan fingerprint density at radius 2 is 1.77 bits per heavy atom. The molecule has 0 fully saturated rings. The fourth-order valence-corrected chi connectivity index (χ4v) is 4.42. The highest BCUT2D eigenvalue weighted by Gasteiger charge is 2.61. The van der Waals surface area contributed by atoms with Crippen LogP contribution in [-0.2, 0) is 19.9 Å². The van der Waals surface area contributed by atoms with Crippen LogP contribution in [-0.4, -0.2) is 35.2 Å². The van der Waals surface area contributed by atoms with Crippen molar-refractivity contribution in [3.05, 3.63) is 53.6 Å². The minimum absolute atomic E-state index is 0.148. The fourth-order valence-electron chi connectivity index (χ4n) is 4.42. The monoisotopic (exact) mass is 419 g/mol. The van der Waals surface area contributed by atoms with Crippen molar-refractivity contribution < 1.29 is 23.9 Å². The number of nitrogens with zero attached hydrogens (tertiary/aromatic N) is 3. The summed E-state index contributed by atoms with van der Waals surface area (Å²) < 4.78 is 10.9. The number of para-hydroxylation sites is 1. The number of carbonyl (C=O) groups excluding carboxylic acids is 3. The van der Waals surface area contributed by atoms with Crippen LogP contribution in [0.2, 0.25) is 0 Å². The predicted octanol–water partition coefficient (Wildman–Crippen LogP) is 2.94. The number of hydrogen-bond acceptors (Lipinski definition) is 6. The molecule has 3 aliphatic heterocycles. The van der Waals surface area contributed by atoms with E-state index in [1.165, 1.54) is 9.91 Å². The van der Waals surface area contributed by atoms with Crippen molar-refractivity contribution in [2.75, 3.05) is 11.7 Å². The van der Waals surface area contributed by atoms with Crippen molar-refractivity contribution in [1.29, 1.82) is 0 Å². The molecule has 0 bridgehead atoms. The molecule has 8 nitrogen and oxygen atoms in total. The Bertz CT molecular complexity index is 1160. The predicted molar refractivity (Wildman–Crippen MR) is 112 cm³/mol. The van der Waals surface area contributed by atoms with Crippen molar-refractivity contribution in [1.82, 2.24) is 5.01 Å². The number of ether oxygens (including phenoxy) is 2. The van der Waals surface area contributed by atoms with Crippen LogP contribution in [0.25, 0.3) is 0 Å². The molecular formula is C23H21N3O5. The number of amides is 3. The van der Waals surface area contributed by atoms with E-state index >= 15 is 0 Å². The van der Waals surface area contributed by atoms with E-state index in [9.17, 15) is 14.4 Å². The van der Waals surface area contributed by atoms with E-state index in [2.05, 4.69) is 5.10 Å². The van der Waals surface area contributed by atoms with Gasteiger partial charge in [-0.25, -0.2) is 9.91 Å². The Kier molecular flexibility index (Phi) is 4.32. The lowest BCUT2D eigenvalue weighted by molar-refractivity contribution is -0.145. The summed E-state index contributed by atoms with van der Waals surface area (Å²) in [5.41, 5.74) is 1.06. The fraction of sp³-hybridized carbons (Fsp3) is 0.304. The lowest BCUT2D eigenvalue weighted by Crippen LogP contribution is -2.52. The first kappa shape index (κ1) is 19.3. The van der Waals surface area contributed by atoms with E-state index in [4.69, 9.17) is 9.47 Å². The maximum atomic E-state index is 13.8. The standard InChI is InChI=1S/C23H21N3O5/c1-3-20(27)25-17-8-6-5-7-15(17)23(22(25)29)12-16(24-26(23)21(28)4-2)14-9-10-18-19(11-14)31-13-30-18/h5-11H,3-4,12-13H2,1-2H3. The third-order valence-corrected chi connectivity index (χ3v) is 5.95. The average Bonchev–Trinajstić information content (AvgIpc) is 3.49. The summed E-state index contributed by atoms with van der Waals surface area (Å²) in [5, 5.41) is 5.88. The SMILES string of the molecule is CCC(=O)N1C(=O)C2(CC(c3ccc4c(c3)OCO4)=NN2C(=O)CC)c2ccccc21. The highest BCUT2D eigenvalue weighted by molar-refractivity contribution is 6.25. The van der Waals surface area contributed by atoms with Gasteiger partial charge in [0.05, 0.1) is 11.4 Å². The van der Waals surface area contributed by atoms with Crippen LogP contribution in [0.1, 0.15) is 44.2 Å². The first-order chi connectivity index (χ1) is 15.0. The summed E-state index contributed by atoms with van der Waals surface area (Å²) in [4.78, 5) is 40.6. The first-order valence-corrected chi connectivity index (χ1v) is 10.3. The third kappa shape index (κ3) is 2.60. The van der Waals surface area contributed by atoms with E-state index in [0.29, 0.717) is 28.5 Å². The maximum absolute atomic E-state index is 13.8. The van der Waals surface area contributed by atoms with Crippen molar-refractivity contribution in [2.24, 2.45) is 5.10 Å². The van der Waals surface area contributed by atoms with Crippen molar-refractivity contribution >= 4 is 29.1 Å². The highest BCUT2D eigenvalue weighted by atomic mass is 16.7. The van der Waals surface area contributed by atoms with Gasteiger partial charge in [0.15, 0.2) is 17.0 Å². The Labute approximate surface area is 179 Å². The molecule has 31 heavy (non-hydrogen) atoms. The largest absolute Gasteiger partial charge is 0.454 e. The van der Waals surface area contributed by atoms with Crippen LogP contribution in [0.4, 0.5) is 5.69 Å². The van der Waals surface area contributed by atoms with Gasteiger partial charge in [0.2, 0.25) is 18.6 Å². The number of hydrogen-bond donors (Lipinski definition) is 0. The van der Waals surface area contributed by atoms with Gasteiger partial charge in [-0.1, -0.05) is 32.0 Å². The summed E-state index contributed by atoms with van der Waals surface area (Å²) in [6.07, 6.45) is 0.520. The number of imide groups is 1. The number of benzene rings is 2. The van der Waals surface area contributed by atoms with E-state index in [0.717, 1.165) is 5.56 Å². The normalized spacial score (nSPS) is 21.0. The zero-order valence-electron chi connectivity index (χ0n) is 17.3. The second kappa shape index (κ2) is 6.94. The van der Waals surface area contributed by atoms with Gasteiger partial charge >= 0.3 is 0 Å². The van der Waals surface area contributed by atoms with Crippen molar-refractivity contribution in [2.45, 2.75) is 38.6 Å². The molecule has 0 saturated heterocycles. The van der Waals surface area contributed by atoms with Crippen molar-refractivity contribution in [3.8, 4) is 11.5 Å². The van der Waals surface area contributed by atoms with Crippen LogP contribution >= 0.6 is 0 Å². The van der Waals surface area contributed by atoms with Gasteiger partial charge in [-0.3, -0.25) is 14.4 Å². The Morgan fingerprint density at radius 3 is 2.55 bits per heavy atom. The molecule has 5 rings (SSSR count). The highest BCUT2D eigenvalue weighted by Crippen LogP contribution is 2.50. The second-order valence-electron chi connectivity index (χ2n) is 7.62. The van der Waals surface area contributed by atoms with Gasteiger partial charge in [0, 0.05) is 30.4 Å². The van der Waals surface area contributed by atoms with Crippen LogP contribution in [0.3, 0.4) is 0 Å². The zero-order chi connectivity index (χ0) is 21.8. The molecule has 2 aromatic rings. The molecule has 3 aliphatic rings.